The molecule has 3 heteroatoms. The molecule has 77 valence electrons. The molecule has 0 saturated heterocycles. The summed E-state index contributed by atoms with van der Waals surface area (Å²) in [6.07, 6.45) is 0. The Kier molecular flexibility index (Phi) is 10.9. The fourth-order valence-electron chi connectivity index (χ4n) is 0.750. The smallest absolute Gasteiger partial charge is 0.330 e. The molecule has 0 aromatic rings. The minimum Gasteiger partial charge on any atom is -0.478 e. The van der Waals surface area contributed by atoms with Crippen LogP contribution in [0.15, 0.2) is 12.2 Å². The molecule has 0 unspecified atom stereocenters. The number of hydrogen-bond donors (Lipinski definition) is 1. The van der Waals surface area contributed by atoms with Crippen LogP contribution in [0, 0.1) is 0 Å². The van der Waals surface area contributed by atoms with Gasteiger partial charge in [-0.05, 0) is 6.92 Å². The lowest BCUT2D eigenvalue weighted by Crippen LogP contribution is -2.04. The van der Waals surface area contributed by atoms with Crippen LogP contribution in [0.3, 0.4) is 0 Å². The fraction of sp³-hybridized carbons (Fsp3) is 0.700. The second-order valence-corrected chi connectivity index (χ2v) is 6.52. The Labute approximate surface area is 83.3 Å². The van der Waals surface area contributed by atoms with Crippen LogP contribution < -0.4 is 0 Å². The van der Waals surface area contributed by atoms with Crippen LogP contribution in [0.4, 0.5) is 0 Å². The minimum absolute atomic E-state index is 0.137. The Balaban J connectivity index is 0. The highest BCUT2D eigenvalue weighted by atomic mass is 28.3. The van der Waals surface area contributed by atoms with E-state index in [0.29, 0.717) is 0 Å². The average Bonchev–Trinajstić information content (AvgIpc) is 2.08. The van der Waals surface area contributed by atoms with Crippen molar-refractivity contribution in [2.75, 3.05) is 0 Å². The number of hydrogen-bond acceptors (Lipinski definition) is 1. The third-order valence-electron chi connectivity index (χ3n) is 1.87. The summed E-state index contributed by atoms with van der Waals surface area (Å²) < 4.78 is 0. The second kappa shape index (κ2) is 9.51. The van der Waals surface area contributed by atoms with Crippen molar-refractivity contribution in [1.29, 1.82) is 0 Å². The van der Waals surface area contributed by atoms with Crippen molar-refractivity contribution in [2.24, 2.45) is 0 Å². The lowest BCUT2D eigenvalue weighted by atomic mass is 10.4. The van der Waals surface area contributed by atoms with Crippen LogP contribution >= 0.6 is 0 Å². The molecule has 0 aromatic carbocycles. The minimum atomic E-state index is -0.935. The molecule has 0 aliphatic rings. The number of aliphatic carboxylic acids is 1. The van der Waals surface area contributed by atoms with Crippen molar-refractivity contribution >= 4 is 14.8 Å². The maximum atomic E-state index is 9.60. The quantitative estimate of drug-likeness (QED) is 0.560. The van der Waals surface area contributed by atoms with Gasteiger partial charge in [-0.2, -0.15) is 0 Å². The Morgan fingerprint density at radius 3 is 1.46 bits per heavy atom. The van der Waals surface area contributed by atoms with Crippen molar-refractivity contribution < 1.29 is 9.90 Å². The van der Waals surface area contributed by atoms with E-state index >= 15 is 0 Å². The van der Waals surface area contributed by atoms with Gasteiger partial charge in [0.25, 0.3) is 0 Å². The maximum absolute atomic E-state index is 9.60. The predicted molar refractivity (Wildman–Crippen MR) is 59.6 cm³/mol. The predicted octanol–water partition coefficient (Wildman–Crippen LogP) is 3.19. The summed E-state index contributed by atoms with van der Waals surface area (Å²) >= 11 is 0. The van der Waals surface area contributed by atoms with Gasteiger partial charge in [0.2, 0.25) is 0 Å². The molecule has 0 aliphatic heterocycles. The van der Waals surface area contributed by atoms with Gasteiger partial charge < -0.3 is 5.11 Å². The summed E-state index contributed by atoms with van der Waals surface area (Å²) in [5, 5.41) is 7.89. The van der Waals surface area contributed by atoms with Gasteiger partial charge in [0.15, 0.2) is 0 Å². The molecule has 0 fully saturated rings. The summed E-state index contributed by atoms with van der Waals surface area (Å²) in [4.78, 5) is 9.60. The van der Waals surface area contributed by atoms with E-state index in [4.69, 9.17) is 5.11 Å². The lowest BCUT2D eigenvalue weighted by Gasteiger charge is -2.02. The lowest BCUT2D eigenvalue weighted by molar-refractivity contribution is -0.132. The van der Waals surface area contributed by atoms with E-state index in [1.54, 1.807) is 0 Å². The Morgan fingerprint density at radius 1 is 1.23 bits per heavy atom. The summed E-state index contributed by atoms with van der Waals surface area (Å²) in [5.74, 6) is -0.935. The first kappa shape index (κ1) is 14.9. The molecule has 0 aromatic heterocycles. The molecule has 0 bridgehead atoms. The molecule has 0 aliphatic carbocycles. The van der Waals surface area contributed by atoms with Gasteiger partial charge in [0.05, 0.1) is 0 Å². The molecule has 0 saturated carbocycles. The van der Waals surface area contributed by atoms with Crippen LogP contribution in [-0.4, -0.2) is 19.9 Å². The third-order valence-corrected chi connectivity index (χ3v) is 4.87. The van der Waals surface area contributed by atoms with E-state index in [9.17, 15) is 4.79 Å². The number of rotatable bonds is 4. The summed E-state index contributed by atoms with van der Waals surface area (Å²) in [7, 11) is 0.137. The van der Waals surface area contributed by atoms with Gasteiger partial charge >= 0.3 is 5.97 Å². The number of carbonyl (C=O) groups is 1. The second-order valence-electron chi connectivity index (χ2n) is 2.90. The van der Waals surface area contributed by atoms with Crippen LogP contribution in [0.2, 0.25) is 18.1 Å². The Hall–Kier alpha value is -0.573. The van der Waals surface area contributed by atoms with E-state index in [2.05, 4.69) is 27.4 Å². The van der Waals surface area contributed by atoms with Crippen LogP contribution in [-0.2, 0) is 4.79 Å². The Bertz CT molecular complexity index is 133. The molecular formula is C10H21O2Si. The van der Waals surface area contributed by atoms with Gasteiger partial charge in [-0.15, -0.1) is 0 Å². The summed E-state index contributed by atoms with van der Waals surface area (Å²) in [6.45, 7) is 11.5. The van der Waals surface area contributed by atoms with Crippen molar-refractivity contribution in [1.82, 2.24) is 0 Å². The van der Waals surface area contributed by atoms with Gasteiger partial charge in [-0.1, -0.05) is 45.5 Å². The standard InChI is InChI=1S/C6H15Si.C4H6O2/c1-4-7(5-2)6-3;1-3(2)4(5)6/h4-6H2,1-3H3;1H2,2H3,(H,5,6). The molecule has 0 rings (SSSR count). The van der Waals surface area contributed by atoms with Gasteiger partial charge in [0.1, 0.15) is 0 Å². The summed E-state index contributed by atoms with van der Waals surface area (Å²) in [5.41, 5.74) is 0.176. The van der Waals surface area contributed by atoms with Gasteiger partial charge in [-0.3, -0.25) is 0 Å². The molecule has 1 N–H and O–H groups in total. The van der Waals surface area contributed by atoms with E-state index in [-0.39, 0.29) is 14.4 Å². The van der Waals surface area contributed by atoms with E-state index in [0.717, 1.165) is 0 Å². The third kappa shape index (κ3) is 11.4. The average molecular weight is 201 g/mol. The topological polar surface area (TPSA) is 37.3 Å². The highest BCUT2D eigenvalue weighted by Crippen LogP contribution is 2.01. The SMILES string of the molecule is C=C(C)C(=O)O.CC[Si](CC)CC. The molecular weight excluding hydrogens is 180 g/mol. The molecule has 1 radical (unpaired) electrons. The van der Waals surface area contributed by atoms with E-state index in [1.165, 1.54) is 25.1 Å². The monoisotopic (exact) mass is 201 g/mol. The van der Waals surface area contributed by atoms with E-state index < -0.39 is 5.97 Å². The van der Waals surface area contributed by atoms with Crippen LogP contribution in [0.25, 0.3) is 0 Å². The zero-order valence-electron chi connectivity index (χ0n) is 9.18. The molecule has 0 atom stereocenters. The molecule has 2 nitrogen and oxygen atoms in total. The largest absolute Gasteiger partial charge is 0.478 e. The van der Waals surface area contributed by atoms with Crippen molar-refractivity contribution in [2.45, 2.75) is 45.8 Å². The van der Waals surface area contributed by atoms with Crippen LogP contribution in [0.1, 0.15) is 27.7 Å². The normalized spacial score (nSPS) is 9.00. The number of carboxylic acid groups (broad SMARTS) is 1. The van der Waals surface area contributed by atoms with Crippen molar-refractivity contribution in [3.05, 3.63) is 12.2 Å². The van der Waals surface area contributed by atoms with E-state index in [1.807, 2.05) is 0 Å². The van der Waals surface area contributed by atoms with Gasteiger partial charge in [-0.25, -0.2) is 4.79 Å². The first-order valence-electron chi connectivity index (χ1n) is 4.71. The first-order valence-corrected chi connectivity index (χ1v) is 6.83. The molecule has 13 heavy (non-hydrogen) atoms. The molecule has 0 amide bonds. The zero-order valence-corrected chi connectivity index (χ0v) is 10.2. The highest BCUT2D eigenvalue weighted by Gasteiger charge is 1.98. The van der Waals surface area contributed by atoms with Gasteiger partial charge in [0, 0.05) is 14.4 Å². The van der Waals surface area contributed by atoms with Crippen molar-refractivity contribution in [3.63, 3.8) is 0 Å². The molecule has 0 spiro atoms. The first-order chi connectivity index (χ1) is 5.99. The maximum Gasteiger partial charge on any atom is 0.330 e. The van der Waals surface area contributed by atoms with Crippen LogP contribution in [0.5, 0.6) is 0 Å². The molecule has 0 heterocycles. The highest BCUT2D eigenvalue weighted by molar-refractivity contribution is 6.58. The number of carboxylic acids is 1. The summed E-state index contributed by atoms with van der Waals surface area (Å²) in [6, 6.07) is 4.37. The fourth-order valence-corrected chi connectivity index (χ4v) is 2.25. The van der Waals surface area contributed by atoms with Crippen molar-refractivity contribution in [3.8, 4) is 0 Å². The zero-order chi connectivity index (χ0) is 10.9. The Morgan fingerprint density at radius 2 is 1.46 bits per heavy atom.